The number of carbonyl (C=O) groups is 1. The molecule has 0 aromatic carbocycles. The molecule has 2 unspecified atom stereocenters. The van der Waals surface area contributed by atoms with Gasteiger partial charge in [0, 0.05) is 6.42 Å². The predicted octanol–water partition coefficient (Wildman–Crippen LogP) is 19.2. The van der Waals surface area contributed by atoms with Gasteiger partial charge in [0.15, 0.2) is 0 Å². The van der Waals surface area contributed by atoms with E-state index >= 15 is 0 Å². The van der Waals surface area contributed by atoms with Crippen molar-refractivity contribution >= 4 is 5.91 Å². The molecule has 0 fully saturated rings. The average Bonchev–Trinajstić information content (AvgIpc) is 3.35. The maximum absolute atomic E-state index is 12.5. The number of nitrogens with one attached hydrogen (secondary N) is 1. The molecule has 0 aliphatic carbocycles. The first-order valence-electron chi connectivity index (χ1n) is 28.5. The Morgan fingerprint density at radius 1 is 0.362 bits per heavy atom. The second-order valence-corrected chi connectivity index (χ2v) is 18.6. The lowest BCUT2D eigenvalue weighted by Gasteiger charge is -2.22. The van der Waals surface area contributed by atoms with Crippen LogP contribution in [0.15, 0.2) is 146 Å². The first-order chi connectivity index (χ1) is 34.2. The van der Waals surface area contributed by atoms with Gasteiger partial charge in [-0.25, -0.2) is 0 Å². The summed E-state index contributed by atoms with van der Waals surface area (Å²) in [4.78, 5) is 12.5. The average molecular weight is 951 g/mol. The van der Waals surface area contributed by atoms with Crippen LogP contribution in [0.4, 0.5) is 0 Å². The van der Waals surface area contributed by atoms with Gasteiger partial charge in [0.1, 0.15) is 0 Å². The van der Waals surface area contributed by atoms with Crippen molar-refractivity contribution in [1.82, 2.24) is 5.32 Å². The summed E-state index contributed by atoms with van der Waals surface area (Å²) in [6.45, 7) is 4.23. The topological polar surface area (TPSA) is 69.6 Å². The van der Waals surface area contributed by atoms with Crippen LogP contribution in [0, 0.1) is 0 Å². The smallest absolute Gasteiger partial charge is 0.220 e. The van der Waals surface area contributed by atoms with E-state index in [-0.39, 0.29) is 12.5 Å². The van der Waals surface area contributed by atoms with Crippen LogP contribution in [0.2, 0.25) is 0 Å². The summed E-state index contributed by atoms with van der Waals surface area (Å²) in [5.41, 5.74) is 0. The van der Waals surface area contributed by atoms with Gasteiger partial charge in [0.25, 0.3) is 0 Å². The number of unbranched alkanes of at least 4 members (excludes halogenated alkanes) is 19. The molecule has 390 valence electrons. The minimum atomic E-state index is -0.681. The van der Waals surface area contributed by atoms with Crippen molar-refractivity contribution in [2.45, 2.75) is 251 Å². The van der Waals surface area contributed by atoms with Gasteiger partial charge in [-0.05, 0) is 103 Å². The fraction of sp³-hybridized carbons (Fsp3) is 0.615. The highest BCUT2D eigenvalue weighted by atomic mass is 16.3. The molecule has 0 aliphatic rings. The molecule has 69 heavy (non-hydrogen) atoms. The molecular formula is C65H107NO3. The quantitative estimate of drug-likeness (QED) is 0.0420. The van der Waals surface area contributed by atoms with Crippen molar-refractivity contribution in [3.63, 3.8) is 0 Å². The van der Waals surface area contributed by atoms with Crippen LogP contribution in [-0.4, -0.2) is 34.9 Å². The van der Waals surface area contributed by atoms with Crippen molar-refractivity contribution in [3.8, 4) is 0 Å². The van der Waals surface area contributed by atoms with Gasteiger partial charge in [0.2, 0.25) is 5.91 Å². The Labute approximate surface area is 427 Å². The van der Waals surface area contributed by atoms with Crippen LogP contribution in [-0.2, 0) is 4.79 Å². The van der Waals surface area contributed by atoms with Gasteiger partial charge in [-0.2, -0.15) is 0 Å². The normalized spacial score (nSPS) is 14.0. The van der Waals surface area contributed by atoms with Gasteiger partial charge in [-0.3, -0.25) is 4.79 Å². The highest BCUT2D eigenvalue weighted by Crippen LogP contribution is 2.15. The summed E-state index contributed by atoms with van der Waals surface area (Å²) in [6.07, 6.45) is 92.5. The van der Waals surface area contributed by atoms with Crippen molar-refractivity contribution in [1.29, 1.82) is 0 Å². The molecule has 0 spiro atoms. The van der Waals surface area contributed by atoms with Gasteiger partial charge < -0.3 is 15.5 Å². The highest BCUT2D eigenvalue weighted by molar-refractivity contribution is 5.76. The minimum absolute atomic E-state index is 0.0609. The molecule has 0 aromatic heterocycles. The lowest BCUT2D eigenvalue weighted by molar-refractivity contribution is -0.123. The third kappa shape index (κ3) is 55.1. The number of amides is 1. The predicted molar refractivity (Wildman–Crippen MR) is 308 cm³/mol. The van der Waals surface area contributed by atoms with Crippen LogP contribution in [0.5, 0.6) is 0 Å². The van der Waals surface area contributed by atoms with E-state index in [1.54, 1.807) is 0 Å². The maximum atomic E-state index is 12.5. The molecule has 0 bridgehead atoms. The molecule has 0 aromatic rings. The monoisotopic (exact) mass is 950 g/mol. The summed E-state index contributed by atoms with van der Waals surface area (Å²) < 4.78 is 0. The van der Waals surface area contributed by atoms with Crippen molar-refractivity contribution in [3.05, 3.63) is 146 Å². The molecule has 0 saturated carbocycles. The molecule has 4 nitrogen and oxygen atoms in total. The summed E-state index contributed by atoms with van der Waals surface area (Å²) >= 11 is 0. The lowest BCUT2D eigenvalue weighted by atomic mass is 10.0. The number of carbonyl (C=O) groups excluding carboxylic acids is 1. The second kappa shape index (κ2) is 58.6. The van der Waals surface area contributed by atoms with Crippen molar-refractivity contribution in [2.75, 3.05) is 6.61 Å². The van der Waals surface area contributed by atoms with E-state index in [0.717, 1.165) is 122 Å². The zero-order valence-corrected chi connectivity index (χ0v) is 44.8. The summed E-state index contributed by atoms with van der Waals surface area (Å²) in [6, 6.07) is -0.561. The number of rotatable bonds is 50. The molecular weight excluding hydrogens is 843 g/mol. The molecule has 0 radical (unpaired) electrons. The summed E-state index contributed by atoms with van der Waals surface area (Å²) in [7, 11) is 0. The van der Waals surface area contributed by atoms with Crippen molar-refractivity contribution < 1.29 is 15.0 Å². The Bertz CT molecular complexity index is 1450. The van der Waals surface area contributed by atoms with Crippen LogP contribution in [0.3, 0.4) is 0 Å². The Morgan fingerprint density at radius 2 is 0.638 bits per heavy atom. The van der Waals surface area contributed by atoms with E-state index < -0.39 is 12.1 Å². The van der Waals surface area contributed by atoms with E-state index in [1.165, 1.54) is 89.9 Å². The molecule has 0 saturated heterocycles. The van der Waals surface area contributed by atoms with Gasteiger partial charge >= 0.3 is 0 Å². The number of hydrogen-bond acceptors (Lipinski definition) is 3. The van der Waals surface area contributed by atoms with Crippen LogP contribution < -0.4 is 5.32 Å². The van der Waals surface area contributed by atoms with Crippen LogP contribution in [0.1, 0.15) is 239 Å². The maximum Gasteiger partial charge on any atom is 0.220 e. The minimum Gasteiger partial charge on any atom is -0.394 e. The largest absolute Gasteiger partial charge is 0.394 e. The first kappa shape index (κ1) is 65.3. The number of aliphatic hydroxyl groups excluding tert-OH is 2. The number of aliphatic hydroxyl groups is 2. The number of allylic oxidation sites excluding steroid dienone is 24. The Morgan fingerprint density at radius 3 is 0.957 bits per heavy atom. The Kier molecular flexibility index (Phi) is 55.4. The molecule has 3 N–H and O–H groups in total. The van der Waals surface area contributed by atoms with E-state index in [1.807, 2.05) is 0 Å². The molecule has 4 heteroatoms. The van der Waals surface area contributed by atoms with Gasteiger partial charge in [-0.1, -0.05) is 275 Å². The fourth-order valence-electron chi connectivity index (χ4n) is 7.81. The molecule has 0 aliphatic heterocycles. The summed E-state index contributed by atoms with van der Waals surface area (Å²) in [5, 5.41) is 23.3. The zero-order valence-electron chi connectivity index (χ0n) is 44.8. The Hall–Kier alpha value is -3.73. The molecule has 2 atom stereocenters. The van der Waals surface area contributed by atoms with E-state index in [0.29, 0.717) is 12.8 Å². The fourth-order valence-corrected chi connectivity index (χ4v) is 7.81. The zero-order chi connectivity index (χ0) is 49.9. The van der Waals surface area contributed by atoms with Crippen molar-refractivity contribution in [2.24, 2.45) is 0 Å². The Balaban J connectivity index is 3.68. The molecule has 0 heterocycles. The van der Waals surface area contributed by atoms with E-state index in [9.17, 15) is 15.0 Å². The van der Waals surface area contributed by atoms with Crippen LogP contribution >= 0.6 is 0 Å². The third-order valence-electron chi connectivity index (χ3n) is 12.1. The van der Waals surface area contributed by atoms with E-state index in [4.69, 9.17) is 0 Å². The SMILES string of the molecule is CC/C=C\C/C=C\C/C=C\C/C=C\C/C=C\C/C=C\C/C=C\C/C=C\C/C=C\C/C=C\C/C=C\C/C=C\CCCCCCC(=O)NC(CO)C(O)CCCCCCCCCCCCCCCCCC. The first-order valence-corrected chi connectivity index (χ1v) is 28.5. The number of hydrogen-bond donors (Lipinski definition) is 3. The molecule has 1 amide bonds. The van der Waals surface area contributed by atoms with Gasteiger partial charge in [0.05, 0.1) is 18.8 Å². The molecule has 0 rings (SSSR count). The van der Waals surface area contributed by atoms with E-state index in [2.05, 4.69) is 165 Å². The highest BCUT2D eigenvalue weighted by Gasteiger charge is 2.20. The van der Waals surface area contributed by atoms with Gasteiger partial charge in [-0.15, -0.1) is 0 Å². The van der Waals surface area contributed by atoms with Crippen LogP contribution in [0.25, 0.3) is 0 Å². The third-order valence-corrected chi connectivity index (χ3v) is 12.1. The lowest BCUT2D eigenvalue weighted by Crippen LogP contribution is -2.45. The standard InChI is InChI=1S/C65H107NO3/c1-3-5-7-9-11-13-15-17-19-21-22-23-24-25-26-27-28-29-30-31-32-33-34-35-36-37-38-39-40-41-42-43-44-45-47-49-51-53-55-57-59-61-65(69)66-63(62-67)64(68)60-58-56-54-52-50-48-46-20-18-16-14-12-10-8-6-4-2/h5,7,11,13,17,19,22-23,25-26,28-29,31-32,34-35,37-38,40-41,43-44,47,49,63-64,67-68H,3-4,6,8-10,12,14-16,18,20-21,24,27,30,33,36,39,42,45-46,48,50-62H2,1-2H3,(H,66,69)/b7-5-,13-11-,19-17-,23-22-,26-25-,29-28-,32-31-,35-34-,38-37-,41-40-,44-43-,49-47-. The second-order valence-electron chi connectivity index (χ2n) is 18.6. The summed E-state index contributed by atoms with van der Waals surface area (Å²) in [5.74, 6) is -0.0609.